The molecule has 0 radical (unpaired) electrons. The van der Waals surface area contributed by atoms with Gasteiger partial charge in [0.15, 0.2) is 0 Å². The molecule has 0 aromatic heterocycles. The van der Waals surface area contributed by atoms with Gasteiger partial charge in [0, 0.05) is 0 Å². The quantitative estimate of drug-likeness (QED) is 0.852. The van der Waals surface area contributed by atoms with E-state index in [1.54, 1.807) is 31.2 Å². The van der Waals surface area contributed by atoms with E-state index in [1.165, 1.54) is 0 Å². The minimum atomic E-state index is -1.16. The van der Waals surface area contributed by atoms with Crippen LogP contribution < -0.4 is 0 Å². The van der Waals surface area contributed by atoms with Gasteiger partial charge in [-0.05, 0) is 37.3 Å². The highest BCUT2D eigenvalue weighted by molar-refractivity contribution is 5.75. The molecule has 1 aliphatic carbocycles. The molecule has 2 nitrogen and oxygen atoms in total. The molecule has 1 saturated carbocycles. The topological polar surface area (TPSA) is 37.3 Å². The van der Waals surface area contributed by atoms with Crippen LogP contribution in [0.3, 0.4) is 0 Å². The van der Waals surface area contributed by atoms with E-state index in [-0.39, 0.29) is 0 Å². The molecular formula is C13H15FO2. The lowest BCUT2D eigenvalue weighted by Crippen LogP contribution is -2.28. The summed E-state index contributed by atoms with van der Waals surface area (Å²) in [5.41, 5.74) is 0.240. The first-order valence-corrected chi connectivity index (χ1v) is 5.55. The van der Waals surface area contributed by atoms with Crippen molar-refractivity contribution in [2.24, 2.45) is 0 Å². The van der Waals surface area contributed by atoms with Crippen molar-refractivity contribution in [2.75, 3.05) is 0 Å². The predicted molar refractivity (Wildman–Crippen MR) is 59.1 cm³/mol. The highest BCUT2D eigenvalue weighted by Crippen LogP contribution is 2.45. The molecule has 1 aromatic rings. The van der Waals surface area contributed by atoms with Crippen molar-refractivity contribution in [1.29, 1.82) is 0 Å². The van der Waals surface area contributed by atoms with Crippen LogP contribution in [-0.4, -0.2) is 11.1 Å². The molecule has 86 valence electrons. The van der Waals surface area contributed by atoms with E-state index in [0.29, 0.717) is 18.4 Å². The van der Waals surface area contributed by atoms with Gasteiger partial charge < -0.3 is 5.11 Å². The number of halogens is 1. The molecule has 16 heavy (non-hydrogen) atoms. The maximum Gasteiger partial charge on any atom is 0.310 e. The molecular weight excluding hydrogens is 207 g/mol. The fraction of sp³-hybridized carbons (Fsp3) is 0.462. The van der Waals surface area contributed by atoms with E-state index in [4.69, 9.17) is 5.11 Å². The average molecular weight is 222 g/mol. The highest BCUT2D eigenvalue weighted by Gasteiger charge is 2.38. The zero-order chi connectivity index (χ0) is 11.8. The molecule has 1 aromatic carbocycles. The smallest absolute Gasteiger partial charge is 0.310 e. The average Bonchev–Trinajstić information content (AvgIpc) is 2.25. The number of carboxylic acids is 1. The van der Waals surface area contributed by atoms with E-state index in [1.807, 2.05) is 0 Å². The van der Waals surface area contributed by atoms with Crippen molar-refractivity contribution in [2.45, 2.75) is 37.8 Å². The molecule has 0 bridgehead atoms. The number of hydrogen-bond donors (Lipinski definition) is 1. The molecule has 0 spiro atoms. The van der Waals surface area contributed by atoms with Crippen LogP contribution in [0.15, 0.2) is 24.3 Å². The third-order valence-corrected chi connectivity index (χ3v) is 3.44. The highest BCUT2D eigenvalue weighted by atomic mass is 19.1. The molecule has 0 saturated heterocycles. The summed E-state index contributed by atoms with van der Waals surface area (Å²) in [5, 5.41) is 8.85. The Bertz CT molecular complexity index is 393. The van der Waals surface area contributed by atoms with Crippen molar-refractivity contribution in [3.63, 3.8) is 0 Å². The van der Waals surface area contributed by atoms with Crippen LogP contribution in [0, 0.1) is 0 Å². The van der Waals surface area contributed by atoms with Crippen molar-refractivity contribution < 1.29 is 14.3 Å². The molecule has 1 atom stereocenters. The Labute approximate surface area is 94.1 Å². The second-order valence-corrected chi connectivity index (χ2v) is 4.50. The first-order chi connectivity index (χ1) is 7.53. The number of alkyl halides is 1. The number of benzene rings is 1. The molecule has 0 aliphatic heterocycles. The Morgan fingerprint density at radius 3 is 2.31 bits per heavy atom. The molecule has 0 amide bonds. The van der Waals surface area contributed by atoms with E-state index in [2.05, 4.69) is 0 Å². The zero-order valence-corrected chi connectivity index (χ0v) is 9.24. The van der Waals surface area contributed by atoms with Crippen molar-refractivity contribution in [3.8, 4) is 0 Å². The number of hydrogen-bond acceptors (Lipinski definition) is 1. The number of carboxylic acid groups (broad SMARTS) is 1. The van der Waals surface area contributed by atoms with Crippen LogP contribution >= 0.6 is 0 Å². The van der Waals surface area contributed by atoms with Gasteiger partial charge in [-0.3, -0.25) is 4.79 Å². The minimum absolute atomic E-state index is 0.536. The largest absolute Gasteiger partial charge is 0.481 e. The maximum atomic E-state index is 14.0. The van der Waals surface area contributed by atoms with Gasteiger partial charge in [-0.15, -0.1) is 0 Å². The van der Waals surface area contributed by atoms with Crippen molar-refractivity contribution in [3.05, 3.63) is 35.4 Å². The fourth-order valence-corrected chi connectivity index (χ4v) is 1.99. The van der Waals surface area contributed by atoms with E-state index in [0.717, 1.165) is 12.0 Å². The predicted octanol–water partition coefficient (Wildman–Crippen LogP) is 3.22. The Morgan fingerprint density at radius 1 is 1.38 bits per heavy atom. The van der Waals surface area contributed by atoms with Gasteiger partial charge in [0.05, 0.1) is 5.92 Å². The summed E-state index contributed by atoms with van der Waals surface area (Å²) in [5.74, 6) is -1.39. The molecule has 1 fully saturated rings. The van der Waals surface area contributed by atoms with Crippen LogP contribution in [-0.2, 0) is 10.5 Å². The van der Waals surface area contributed by atoms with Gasteiger partial charge in [-0.25, -0.2) is 4.39 Å². The number of rotatable bonds is 3. The first kappa shape index (κ1) is 11.1. The fourth-order valence-electron chi connectivity index (χ4n) is 1.99. The first-order valence-electron chi connectivity index (χ1n) is 5.55. The second kappa shape index (κ2) is 3.89. The Hall–Kier alpha value is -1.38. The van der Waals surface area contributed by atoms with Crippen LogP contribution in [0.1, 0.15) is 43.2 Å². The lowest BCUT2D eigenvalue weighted by atomic mass is 9.76. The third kappa shape index (κ3) is 1.82. The van der Waals surface area contributed by atoms with Gasteiger partial charge in [0.25, 0.3) is 0 Å². The summed E-state index contributed by atoms with van der Waals surface area (Å²) in [6, 6.07) is 6.86. The van der Waals surface area contributed by atoms with E-state index < -0.39 is 17.6 Å². The third-order valence-electron chi connectivity index (χ3n) is 3.44. The SMILES string of the molecule is CC(C(=O)O)c1ccc(C2(F)CCC2)cc1. The van der Waals surface area contributed by atoms with Gasteiger partial charge in [-0.2, -0.15) is 0 Å². The number of carbonyl (C=O) groups is 1. The Balaban J connectivity index is 2.19. The van der Waals surface area contributed by atoms with Gasteiger partial charge in [0.2, 0.25) is 0 Å². The van der Waals surface area contributed by atoms with E-state index >= 15 is 0 Å². The van der Waals surface area contributed by atoms with Gasteiger partial charge in [0.1, 0.15) is 5.67 Å². The summed E-state index contributed by atoms with van der Waals surface area (Å²) in [7, 11) is 0. The van der Waals surface area contributed by atoms with Gasteiger partial charge >= 0.3 is 5.97 Å². The van der Waals surface area contributed by atoms with E-state index in [9.17, 15) is 9.18 Å². The monoisotopic (exact) mass is 222 g/mol. The maximum absolute atomic E-state index is 14.0. The molecule has 1 unspecified atom stereocenters. The summed E-state index contributed by atoms with van der Waals surface area (Å²) in [6.45, 7) is 1.63. The molecule has 2 rings (SSSR count). The minimum Gasteiger partial charge on any atom is -0.481 e. The van der Waals surface area contributed by atoms with Crippen LogP contribution in [0.2, 0.25) is 0 Å². The molecule has 3 heteroatoms. The summed E-state index contributed by atoms with van der Waals surface area (Å²) in [4.78, 5) is 10.8. The zero-order valence-electron chi connectivity index (χ0n) is 9.24. The second-order valence-electron chi connectivity index (χ2n) is 4.50. The molecule has 1 aliphatic rings. The summed E-state index contributed by atoms with van der Waals surface area (Å²) >= 11 is 0. The van der Waals surface area contributed by atoms with Crippen molar-refractivity contribution in [1.82, 2.24) is 0 Å². The normalized spacial score (nSPS) is 19.9. The molecule has 1 N–H and O–H groups in total. The van der Waals surface area contributed by atoms with Crippen LogP contribution in [0.5, 0.6) is 0 Å². The van der Waals surface area contributed by atoms with Crippen LogP contribution in [0.4, 0.5) is 4.39 Å². The van der Waals surface area contributed by atoms with Gasteiger partial charge in [-0.1, -0.05) is 24.3 Å². The lowest BCUT2D eigenvalue weighted by Gasteiger charge is -2.34. The summed E-state index contributed by atoms with van der Waals surface area (Å²) < 4.78 is 14.0. The lowest BCUT2D eigenvalue weighted by molar-refractivity contribution is -0.138. The van der Waals surface area contributed by atoms with Crippen LogP contribution in [0.25, 0.3) is 0 Å². The molecule has 0 heterocycles. The standard InChI is InChI=1S/C13H15FO2/c1-9(12(15)16)10-3-5-11(6-4-10)13(14)7-2-8-13/h3-6,9H,2,7-8H2,1H3,(H,15,16). The Kier molecular flexibility index (Phi) is 2.70. The van der Waals surface area contributed by atoms with Crippen molar-refractivity contribution >= 4 is 5.97 Å². The summed E-state index contributed by atoms with van der Waals surface area (Å²) in [6.07, 6.45) is 2.10. The Morgan fingerprint density at radius 2 is 1.94 bits per heavy atom. The number of aliphatic carboxylic acids is 1.